The molecule has 1 aliphatic carbocycles. The van der Waals surface area contributed by atoms with E-state index in [-0.39, 0.29) is 17.4 Å². The molecule has 1 aromatic heterocycles. The standard InChI is InChI=1S/C21H26N4O2/c1-21-7-14-9-22-17-5-3-4-15(20(14)17)16(21)6-13(8-23-21)10-25-11-18(26)24(2)19(27)12-25/h3-5,9,13,16,22-23H,6-8,10-12H2,1-2H3/t13-,16?,21?/m1/s1. The molecule has 5 rings (SSSR count). The zero-order valence-corrected chi connectivity index (χ0v) is 15.9. The fourth-order valence-corrected chi connectivity index (χ4v) is 5.37. The van der Waals surface area contributed by atoms with Crippen LogP contribution in [0.15, 0.2) is 24.4 Å². The molecule has 0 saturated carbocycles. The van der Waals surface area contributed by atoms with Gasteiger partial charge in [0, 0.05) is 42.1 Å². The fourth-order valence-electron chi connectivity index (χ4n) is 5.37. The monoisotopic (exact) mass is 366 g/mol. The lowest BCUT2D eigenvalue weighted by Gasteiger charge is -2.49. The van der Waals surface area contributed by atoms with Gasteiger partial charge in [0.1, 0.15) is 0 Å². The average molecular weight is 366 g/mol. The van der Waals surface area contributed by atoms with Gasteiger partial charge in [-0.1, -0.05) is 12.1 Å². The summed E-state index contributed by atoms with van der Waals surface area (Å²) >= 11 is 0. The Hall–Kier alpha value is -2.18. The molecule has 0 spiro atoms. The maximum atomic E-state index is 12.0. The van der Waals surface area contributed by atoms with Crippen molar-refractivity contribution in [1.29, 1.82) is 0 Å². The van der Waals surface area contributed by atoms with Crippen molar-refractivity contribution >= 4 is 22.7 Å². The molecule has 2 fully saturated rings. The second kappa shape index (κ2) is 5.91. The van der Waals surface area contributed by atoms with Gasteiger partial charge in [-0.3, -0.25) is 19.4 Å². The Morgan fingerprint density at radius 2 is 2.00 bits per heavy atom. The molecule has 1 aromatic carbocycles. The first-order valence-electron chi connectivity index (χ1n) is 9.80. The summed E-state index contributed by atoms with van der Waals surface area (Å²) in [4.78, 5) is 30.7. The van der Waals surface area contributed by atoms with Gasteiger partial charge in [-0.2, -0.15) is 0 Å². The third-order valence-corrected chi connectivity index (χ3v) is 6.87. The van der Waals surface area contributed by atoms with Gasteiger partial charge in [0.2, 0.25) is 11.8 Å². The Morgan fingerprint density at radius 1 is 1.22 bits per heavy atom. The van der Waals surface area contributed by atoms with E-state index in [9.17, 15) is 9.59 Å². The van der Waals surface area contributed by atoms with Crippen LogP contribution in [0.4, 0.5) is 0 Å². The predicted molar refractivity (Wildman–Crippen MR) is 103 cm³/mol. The predicted octanol–water partition coefficient (Wildman–Crippen LogP) is 1.48. The molecule has 2 saturated heterocycles. The number of imide groups is 1. The van der Waals surface area contributed by atoms with E-state index in [0.717, 1.165) is 25.9 Å². The van der Waals surface area contributed by atoms with Crippen LogP contribution < -0.4 is 5.32 Å². The number of carbonyl (C=O) groups excluding carboxylic acids is 2. The number of H-pyrrole nitrogens is 1. The van der Waals surface area contributed by atoms with Gasteiger partial charge in [-0.25, -0.2) is 0 Å². The number of hydrogen-bond donors (Lipinski definition) is 2. The molecule has 0 radical (unpaired) electrons. The van der Waals surface area contributed by atoms with E-state index in [1.807, 2.05) is 4.90 Å². The minimum atomic E-state index is -0.0979. The van der Waals surface area contributed by atoms with Crippen molar-refractivity contribution in [2.45, 2.75) is 31.2 Å². The highest BCUT2D eigenvalue weighted by molar-refractivity contribution is 5.99. The van der Waals surface area contributed by atoms with Crippen LogP contribution >= 0.6 is 0 Å². The number of likely N-dealkylation sites (N-methyl/N-ethyl adjacent to an activating group) is 1. The van der Waals surface area contributed by atoms with Crippen molar-refractivity contribution in [2.24, 2.45) is 5.92 Å². The maximum absolute atomic E-state index is 12.0. The van der Waals surface area contributed by atoms with E-state index in [4.69, 9.17) is 0 Å². The van der Waals surface area contributed by atoms with Gasteiger partial charge in [0.25, 0.3) is 0 Å². The molecule has 3 aliphatic rings. The smallest absolute Gasteiger partial charge is 0.243 e. The molecule has 3 heterocycles. The Balaban J connectivity index is 1.39. The normalized spacial score (nSPS) is 31.4. The van der Waals surface area contributed by atoms with Gasteiger partial charge >= 0.3 is 0 Å². The van der Waals surface area contributed by atoms with E-state index in [2.05, 4.69) is 41.6 Å². The maximum Gasteiger partial charge on any atom is 0.243 e. The number of aromatic nitrogens is 1. The zero-order chi connectivity index (χ0) is 18.8. The number of amides is 2. The van der Waals surface area contributed by atoms with Crippen molar-refractivity contribution < 1.29 is 9.59 Å². The lowest BCUT2D eigenvalue weighted by atomic mass is 9.65. The largest absolute Gasteiger partial charge is 0.361 e. The van der Waals surface area contributed by atoms with Gasteiger partial charge in [0.15, 0.2) is 0 Å². The van der Waals surface area contributed by atoms with Gasteiger partial charge in [0.05, 0.1) is 13.1 Å². The molecule has 2 amide bonds. The van der Waals surface area contributed by atoms with Crippen LogP contribution in [0, 0.1) is 5.92 Å². The van der Waals surface area contributed by atoms with Crippen LogP contribution in [-0.2, 0) is 16.0 Å². The molecule has 6 heteroatoms. The summed E-state index contributed by atoms with van der Waals surface area (Å²) in [5, 5.41) is 5.22. The number of carbonyl (C=O) groups is 2. The van der Waals surface area contributed by atoms with Crippen LogP contribution in [0.25, 0.3) is 10.9 Å². The molecule has 142 valence electrons. The lowest BCUT2D eigenvalue weighted by molar-refractivity contribution is -0.149. The summed E-state index contributed by atoms with van der Waals surface area (Å²) in [5.74, 6) is 0.684. The molecule has 6 nitrogen and oxygen atoms in total. The van der Waals surface area contributed by atoms with Gasteiger partial charge < -0.3 is 10.3 Å². The Bertz CT molecular complexity index is 917. The molecule has 27 heavy (non-hydrogen) atoms. The molecule has 2 aliphatic heterocycles. The molecular weight excluding hydrogens is 340 g/mol. The second-order valence-electron chi connectivity index (χ2n) is 8.73. The fraction of sp³-hybridized carbons (Fsp3) is 0.524. The third-order valence-electron chi connectivity index (χ3n) is 6.87. The van der Waals surface area contributed by atoms with Gasteiger partial charge in [-0.15, -0.1) is 0 Å². The summed E-state index contributed by atoms with van der Waals surface area (Å²) in [6.45, 7) is 4.75. The number of piperidine rings is 1. The van der Waals surface area contributed by atoms with Crippen LogP contribution in [0.1, 0.15) is 30.4 Å². The molecule has 2 aromatic rings. The average Bonchev–Trinajstić information content (AvgIpc) is 3.04. The van der Waals surface area contributed by atoms with E-state index >= 15 is 0 Å². The van der Waals surface area contributed by atoms with E-state index < -0.39 is 0 Å². The lowest BCUT2D eigenvalue weighted by Crippen LogP contribution is -2.59. The minimum Gasteiger partial charge on any atom is -0.361 e. The zero-order valence-electron chi connectivity index (χ0n) is 15.9. The number of benzene rings is 1. The van der Waals surface area contributed by atoms with Crippen molar-refractivity contribution in [1.82, 2.24) is 20.1 Å². The SMILES string of the molecule is CN1C(=O)CN(C[C@H]2CNC3(C)Cc4c[nH]c5cccc(c45)C3C2)CC1=O. The van der Waals surface area contributed by atoms with Crippen molar-refractivity contribution in [3.05, 3.63) is 35.5 Å². The summed E-state index contributed by atoms with van der Waals surface area (Å²) in [5.41, 5.74) is 4.12. The number of rotatable bonds is 2. The first kappa shape index (κ1) is 17.0. The first-order chi connectivity index (χ1) is 12.9. The quantitative estimate of drug-likeness (QED) is 0.790. The highest BCUT2D eigenvalue weighted by Crippen LogP contribution is 2.47. The second-order valence-corrected chi connectivity index (χ2v) is 8.73. The first-order valence-corrected chi connectivity index (χ1v) is 9.80. The summed E-state index contributed by atoms with van der Waals surface area (Å²) in [6, 6.07) is 6.57. The van der Waals surface area contributed by atoms with Crippen LogP contribution in [0.3, 0.4) is 0 Å². The topological polar surface area (TPSA) is 68.4 Å². The summed E-state index contributed by atoms with van der Waals surface area (Å²) in [7, 11) is 1.58. The van der Waals surface area contributed by atoms with Crippen molar-refractivity contribution in [3.8, 4) is 0 Å². The number of aromatic amines is 1. The van der Waals surface area contributed by atoms with Crippen LogP contribution in [0.2, 0.25) is 0 Å². The van der Waals surface area contributed by atoms with E-state index in [1.165, 1.54) is 26.9 Å². The number of fused-ring (bicyclic) bond motifs is 2. The number of nitrogens with one attached hydrogen (secondary N) is 2. The van der Waals surface area contributed by atoms with Crippen molar-refractivity contribution in [2.75, 3.05) is 33.2 Å². The van der Waals surface area contributed by atoms with E-state index in [1.54, 1.807) is 7.05 Å². The molecular formula is C21H26N4O2. The van der Waals surface area contributed by atoms with Gasteiger partial charge in [-0.05, 0) is 49.4 Å². The molecule has 3 atom stereocenters. The van der Waals surface area contributed by atoms with Crippen LogP contribution in [-0.4, -0.2) is 65.4 Å². The highest BCUT2D eigenvalue weighted by atomic mass is 16.2. The number of hydrogen-bond acceptors (Lipinski definition) is 4. The molecule has 2 N–H and O–H groups in total. The number of piperazine rings is 1. The molecule has 2 unspecified atom stereocenters. The number of nitrogens with zero attached hydrogens (tertiary/aromatic N) is 2. The Morgan fingerprint density at radius 3 is 2.78 bits per heavy atom. The Labute approximate surface area is 158 Å². The summed E-state index contributed by atoms with van der Waals surface area (Å²) < 4.78 is 0. The van der Waals surface area contributed by atoms with Crippen molar-refractivity contribution in [3.63, 3.8) is 0 Å². The summed E-state index contributed by atoms with van der Waals surface area (Å²) in [6.07, 6.45) is 4.28. The van der Waals surface area contributed by atoms with Crippen LogP contribution in [0.5, 0.6) is 0 Å². The Kier molecular flexibility index (Phi) is 3.71. The highest BCUT2D eigenvalue weighted by Gasteiger charge is 2.45. The third kappa shape index (κ3) is 2.62. The van der Waals surface area contributed by atoms with E-state index in [0.29, 0.717) is 24.9 Å². The minimum absolute atomic E-state index is 0.0632. The molecule has 0 bridgehead atoms.